The predicted octanol–water partition coefficient (Wildman–Crippen LogP) is 3.55. The zero-order valence-electron chi connectivity index (χ0n) is 12.7. The Hall–Kier alpha value is -1.35. The van der Waals surface area contributed by atoms with Gasteiger partial charge in [0.15, 0.2) is 0 Å². The molecule has 1 aromatic carbocycles. The van der Waals surface area contributed by atoms with Gasteiger partial charge in [0.25, 0.3) is 0 Å². The van der Waals surface area contributed by atoms with Crippen molar-refractivity contribution in [3.8, 4) is 0 Å². The molecular formula is C17H25NO2. The molecule has 0 spiro atoms. The van der Waals surface area contributed by atoms with Gasteiger partial charge in [-0.25, -0.2) is 0 Å². The van der Waals surface area contributed by atoms with Crippen LogP contribution in [0.25, 0.3) is 0 Å². The van der Waals surface area contributed by atoms with Crippen LogP contribution in [-0.4, -0.2) is 29.1 Å². The minimum absolute atomic E-state index is 0.302. The molecule has 1 heterocycles. The summed E-state index contributed by atoms with van der Waals surface area (Å²) < 4.78 is 0. The molecule has 3 nitrogen and oxygen atoms in total. The second kappa shape index (κ2) is 6.40. The molecule has 0 aliphatic carbocycles. The molecule has 20 heavy (non-hydrogen) atoms. The fourth-order valence-corrected chi connectivity index (χ4v) is 3.24. The molecule has 0 saturated carbocycles. The summed E-state index contributed by atoms with van der Waals surface area (Å²) >= 11 is 0. The minimum atomic E-state index is -0.675. The lowest BCUT2D eigenvalue weighted by molar-refractivity contribution is -0.137. The number of aryl methyl sites for hydroxylation is 2. The van der Waals surface area contributed by atoms with E-state index in [2.05, 4.69) is 43.9 Å². The number of likely N-dealkylation sites (tertiary alicyclic amines) is 1. The second-order valence-corrected chi connectivity index (χ2v) is 6.18. The van der Waals surface area contributed by atoms with Crippen molar-refractivity contribution in [2.24, 2.45) is 5.92 Å². The molecule has 0 bridgehead atoms. The normalized spacial score (nSPS) is 21.1. The number of nitrogens with zero attached hydrogens (tertiary/aromatic N) is 1. The van der Waals surface area contributed by atoms with Gasteiger partial charge in [0.2, 0.25) is 0 Å². The molecular weight excluding hydrogens is 250 g/mol. The summed E-state index contributed by atoms with van der Waals surface area (Å²) in [5.41, 5.74) is 4.00. The molecule has 0 amide bonds. The number of carbonyl (C=O) groups is 1. The Labute approximate surface area is 121 Å². The second-order valence-electron chi connectivity index (χ2n) is 6.18. The van der Waals surface area contributed by atoms with E-state index in [0.717, 1.165) is 25.9 Å². The van der Waals surface area contributed by atoms with Crippen LogP contribution < -0.4 is 0 Å². The highest BCUT2D eigenvalue weighted by Gasteiger charge is 2.27. The Morgan fingerprint density at radius 2 is 2.00 bits per heavy atom. The Morgan fingerprint density at radius 1 is 1.35 bits per heavy atom. The van der Waals surface area contributed by atoms with E-state index in [-0.39, 0.29) is 0 Å². The molecule has 110 valence electrons. The monoisotopic (exact) mass is 275 g/mol. The summed E-state index contributed by atoms with van der Waals surface area (Å²) in [5, 5.41) is 8.77. The fraction of sp³-hybridized carbons (Fsp3) is 0.588. The van der Waals surface area contributed by atoms with Crippen LogP contribution in [0.1, 0.15) is 48.9 Å². The van der Waals surface area contributed by atoms with Crippen molar-refractivity contribution in [2.75, 3.05) is 13.1 Å². The Morgan fingerprint density at radius 3 is 2.60 bits per heavy atom. The van der Waals surface area contributed by atoms with Gasteiger partial charge in [0.05, 0.1) is 0 Å². The number of carboxylic acid groups (broad SMARTS) is 1. The maximum atomic E-state index is 10.7. The predicted molar refractivity (Wildman–Crippen MR) is 80.9 cm³/mol. The highest BCUT2D eigenvalue weighted by atomic mass is 16.4. The van der Waals surface area contributed by atoms with Gasteiger partial charge in [-0.1, -0.05) is 29.3 Å². The molecule has 1 aliphatic rings. The smallest absolute Gasteiger partial charge is 0.303 e. The van der Waals surface area contributed by atoms with Crippen LogP contribution in [0.4, 0.5) is 0 Å². The van der Waals surface area contributed by atoms with Crippen molar-refractivity contribution in [1.82, 2.24) is 4.90 Å². The molecule has 3 heteroatoms. The highest BCUT2D eigenvalue weighted by molar-refractivity contribution is 5.66. The van der Waals surface area contributed by atoms with Crippen LogP contribution in [0.5, 0.6) is 0 Å². The number of benzene rings is 1. The maximum Gasteiger partial charge on any atom is 0.303 e. The molecule has 1 N–H and O–H groups in total. The Balaban J connectivity index is 1.96. The lowest BCUT2D eigenvalue weighted by Gasteiger charge is -2.25. The van der Waals surface area contributed by atoms with Gasteiger partial charge < -0.3 is 5.11 Å². The van der Waals surface area contributed by atoms with Gasteiger partial charge in [0, 0.05) is 19.0 Å². The van der Waals surface area contributed by atoms with E-state index >= 15 is 0 Å². The largest absolute Gasteiger partial charge is 0.481 e. The molecule has 0 radical (unpaired) electrons. The van der Waals surface area contributed by atoms with E-state index in [1.165, 1.54) is 16.7 Å². The first-order valence-corrected chi connectivity index (χ1v) is 7.49. The average Bonchev–Trinajstić information content (AvgIpc) is 2.83. The number of rotatable bonds is 5. The third kappa shape index (κ3) is 3.83. The van der Waals surface area contributed by atoms with E-state index < -0.39 is 5.97 Å². The SMILES string of the molecule is Cc1cc(C)cc(C(C)N2CCC(CCC(=O)O)C2)c1. The van der Waals surface area contributed by atoms with Crippen LogP contribution in [0.15, 0.2) is 18.2 Å². The average molecular weight is 275 g/mol. The van der Waals surface area contributed by atoms with E-state index in [4.69, 9.17) is 5.11 Å². The summed E-state index contributed by atoms with van der Waals surface area (Å²) in [4.78, 5) is 13.1. The zero-order valence-corrected chi connectivity index (χ0v) is 12.7. The molecule has 1 aliphatic heterocycles. The van der Waals surface area contributed by atoms with E-state index in [1.54, 1.807) is 0 Å². The third-order valence-corrected chi connectivity index (χ3v) is 4.36. The number of aliphatic carboxylic acids is 1. The van der Waals surface area contributed by atoms with E-state index in [9.17, 15) is 4.79 Å². The van der Waals surface area contributed by atoms with Crippen LogP contribution >= 0.6 is 0 Å². The summed E-state index contributed by atoms with van der Waals surface area (Å²) in [7, 11) is 0. The summed E-state index contributed by atoms with van der Waals surface area (Å²) in [5.74, 6) is -0.134. The molecule has 1 aromatic rings. The first-order chi connectivity index (χ1) is 9.45. The standard InChI is InChI=1S/C17H25NO2/c1-12-8-13(2)10-16(9-12)14(3)18-7-6-15(11-18)4-5-17(19)20/h8-10,14-15H,4-7,11H2,1-3H3,(H,19,20). The van der Waals surface area contributed by atoms with Crippen molar-refractivity contribution in [2.45, 2.75) is 46.1 Å². The van der Waals surface area contributed by atoms with Gasteiger partial charge in [0.1, 0.15) is 0 Å². The quantitative estimate of drug-likeness (QED) is 0.893. The number of carboxylic acids is 1. The number of hydrogen-bond acceptors (Lipinski definition) is 2. The van der Waals surface area contributed by atoms with Gasteiger partial charge in [-0.15, -0.1) is 0 Å². The van der Waals surface area contributed by atoms with Crippen LogP contribution in [0, 0.1) is 19.8 Å². The Kier molecular flexibility index (Phi) is 4.81. The number of hydrogen-bond donors (Lipinski definition) is 1. The molecule has 0 aromatic heterocycles. The van der Waals surface area contributed by atoms with Crippen molar-refractivity contribution in [3.63, 3.8) is 0 Å². The van der Waals surface area contributed by atoms with Crippen LogP contribution in [-0.2, 0) is 4.79 Å². The van der Waals surface area contributed by atoms with Crippen molar-refractivity contribution < 1.29 is 9.90 Å². The van der Waals surface area contributed by atoms with Gasteiger partial charge in [-0.2, -0.15) is 0 Å². The van der Waals surface area contributed by atoms with E-state index in [0.29, 0.717) is 18.4 Å². The van der Waals surface area contributed by atoms with Crippen molar-refractivity contribution >= 4 is 5.97 Å². The molecule has 2 unspecified atom stereocenters. The van der Waals surface area contributed by atoms with Crippen LogP contribution in [0.3, 0.4) is 0 Å². The van der Waals surface area contributed by atoms with Crippen LogP contribution in [0.2, 0.25) is 0 Å². The topological polar surface area (TPSA) is 40.5 Å². The third-order valence-electron chi connectivity index (χ3n) is 4.36. The van der Waals surface area contributed by atoms with Gasteiger partial charge >= 0.3 is 5.97 Å². The molecule has 1 saturated heterocycles. The molecule has 2 atom stereocenters. The Bertz CT molecular complexity index is 464. The maximum absolute atomic E-state index is 10.7. The summed E-state index contributed by atoms with van der Waals surface area (Å²) in [6, 6.07) is 7.16. The molecule has 2 rings (SSSR count). The lowest BCUT2D eigenvalue weighted by atomic mass is 10.0. The fourth-order valence-electron chi connectivity index (χ4n) is 3.24. The van der Waals surface area contributed by atoms with Crippen molar-refractivity contribution in [3.05, 3.63) is 34.9 Å². The summed E-state index contributed by atoms with van der Waals surface area (Å²) in [6.07, 6.45) is 2.24. The van der Waals surface area contributed by atoms with Gasteiger partial charge in [-0.3, -0.25) is 9.69 Å². The van der Waals surface area contributed by atoms with E-state index in [1.807, 2.05) is 0 Å². The minimum Gasteiger partial charge on any atom is -0.481 e. The lowest BCUT2D eigenvalue weighted by Crippen LogP contribution is -2.24. The van der Waals surface area contributed by atoms with Gasteiger partial charge in [-0.05, 0) is 51.6 Å². The van der Waals surface area contributed by atoms with Crippen molar-refractivity contribution in [1.29, 1.82) is 0 Å². The molecule has 1 fully saturated rings. The summed E-state index contributed by atoms with van der Waals surface area (Å²) in [6.45, 7) is 8.65. The highest BCUT2D eigenvalue weighted by Crippen LogP contribution is 2.30. The first-order valence-electron chi connectivity index (χ1n) is 7.49. The first kappa shape index (κ1) is 15.0. The zero-order chi connectivity index (χ0) is 14.7.